The van der Waals surface area contributed by atoms with Gasteiger partial charge in [-0.05, 0) is 17.7 Å². The van der Waals surface area contributed by atoms with Crippen LogP contribution >= 0.6 is 0 Å². The molecule has 20 heteroatoms. The fourth-order valence-corrected chi connectivity index (χ4v) is 5.62. The first-order valence-electron chi connectivity index (χ1n) is 15.6. The number of benzene rings is 1. The third-order valence-electron chi connectivity index (χ3n) is 7.54. The molecule has 0 saturated carbocycles. The van der Waals surface area contributed by atoms with E-state index in [0.29, 0.717) is 6.07 Å². The van der Waals surface area contributed by atoms with E-state index in [0.717, 1.165) is 59.7 Å². The molecule has 2 aliphatic rings. The molecule has 2 saturated heterocycles. The molecule has 7 unspecified atom stereocenters. The van der Waals surface area contributed by atoms with Crippen LogP contribution in [0.5, 0.6) is 0 Å². The monoisotopic (exact) mass is 752 g/mol. The van der Waals surface area contributed by atoms with Crippen molar-refractivity contribution in [2.45, 2.75) is 115 Å². The molecule has 0 aliphatic carbocycles. The Labute approximate surface area is 294 Å². The van der Waals surface area contributed by atoms with E-state index in [1.807, 2.05) is 0 Å². The van der Waals surface area contributed by atoms with Gasteiger partial charge in [-0.2, -0.15) is 13.2 Å². The van der Waals surface area contributed by atoms with E-state index in [2.05, 4.69) is 0 Å². The van der Waals surface area contributed by atoms with E-state index < -0.39 is 134 Å². The van der Waals surface area contributed by atoms with E-state index in [9.17, 15) is 52.2 Å². The lowest BCUT2D eigenvalue weighted by Crippen LogP contribution is -2.67. The molecule has 0 aromatic heterocycles. The summed E-state index contributed by atoms with van der Waals surface area (Å²) in [6.45, 7) is 4.71. The van der Waals surface area contributed by atoms with Crippen molar-refractivity contribution in [1.29, 1.82) is 0 Å². The number of hydrogen-bond donors (Lipinski definition) is 2. The van der Waals surface area contributed by atoms with Crippen molar-refractivity contribution in [2.75, 3.05) is 13.2 Å². The van der Waals surface area contributed by atoms with Gasteiger partial charge in [0.25, 0.3) is 0 Å². The summed E-state index contributed by atoms with van der Waals surface area (Å²) >= 11 is 0. The summed E-state index contributed by atoms with van der Waals surface area (Å²) in [6.07, 6.45) is -24.4. The zero-order chi connectivity index (χ0) is 39.1. The maximum Gasteiger partial charge on any atom is 0.416 e. The van der Waals surface area contributed by atoms with Gasteiger partial charge in [0.05, 0.1) is 12.2 Å². The number of aliphatic hydroxyl groups is 2. The Hall–Kier alpha value is -4.37. The highest BCUT2D eigenvalue weighted by Gasteiger charge is 2.57. The fourth-order valence-electron chi connectivity index (χ4n) is 5.62. The van der Waals surface area contributed by atoms with Crippen LogP contribution in [0.15, 0.2) is 24.3 Å². The molecule has 0 bridgehead atoms. The average molecular weight is 753 g/mol. The van der Waals surface area contributed by atoms with Gasteiger partial charge in [0.15, 0.2) is 36.8 Å². The molecule has 1 aromatic carbocycles. The molecule has 3 rings (SSSR count). The van der Waals surface area contributed by atoms with E-state index in [1.165, 1.54) is 0 Å². The van der Waals surface area contributed by atoms with Crippen LogP contribution in [0.3, 0.4) is 0 Å². The summed E-state index contributed by atoms with van der Waals surface area (Å²) < 4.78 is 90.0. The van der Waals surface area contributed by atoms with Crippen molar-refractivity contribution < 1.29 is 94.8 Å². The summed E-state index contributed by atoms with van der Waals surface area (Å²) in [5.41, 5.74) is -1.58. The third-order valence-corrected chi connectivity index (χ3v) is 7.54. The van der Waals surface area contributed by atoms with E-state index in [-0.39, 0.29) is 0 Å². The van der Waals surface area contributed by atoms with Gasteiger partial charge in [0.1, 0.15) is 37.1 Å². The van der Waals surface area contributed by atoms with Crippen molar-refractivity contribution in [3.05, 3.63) is 35.4 Å². The van der Waals surface area contributed by atoms with Crippen molar-refractivity contribution in [2.24, 2.45) is 0 Å². The minimum Gasteiger partial charge on any atom is -0.463 e. The molecule has 11 atom stereocenters. The van der Waals surface area contributed by atoms with Crippen LogP contribution in [0, 0.1) is 0 Å². The minimum atomic E-state index is -4.82. The normalized spacial score (nSPS) is 28.7. The topological polar surface area (TPSA) is 226 Å². The predicted octanol–water partition coefficient (Wildman–Crippen LogP) is 0.830. The van der Waals surface area contributed by atoms with Crippen molar-refractivity contribution in [3.63, 3.8) is 0 Å². The first-order chi connectivity index (χ1) is 24.2. The zero-order valence-corrected chi connectivity index (χ0v) is 28.7. The smallest absolute Gasteiger partial charge is 0.416 e. The third kappa shape index (κ3) is 11.3. The Morgan fingerprint density at radius 3 is 1.83 bits per heavy atom. The summed E-state index contributed by atoms with van der Waals surface area (Å²) in [7, 11) is 0. The number of esters is 6. The van der Waals surface area contributed by atoms with Crippen LogP contribution < -0.4 is 0 Å². The average Bonchev–Trinajstić information content (AvgIpc) is 3.02. The van der Waals surface area contributed by atoms with Gasteiger partial charge in [-0.3, -0.25) is 28.8 Å². The number of rotatable bonds is 12. The molecule has 52 heavy (non-hydrogen) atoms. The second-order valence-electron chi connectivity index (χ2n) is 11.7. The summed E-state index contributed by atoms with van der Waals surface area (Å²) in [4.78, 5) is 72.8. The van der Waals surface area contributed by atoms with Gasteiger partial charge in [-0.25, -0.2) is 0 Å². The summed E-state index contributed by atoms with van der Waals surface area (Å²) in [5, 5.41) is 22.5. The highest BCUT2D eigenvalue weighted by molar-refractivity contribution is 5.69. The van der Waals surface area contributed by atoms with Crippen LogP contribution in [-0.2, 0) is 77.6 Å². The van der Waals surface area contributed by atoms with Crippen molar-refractivity contribution in [1.82, 2.24) is 0 Å². The largest absolute Gasteiger partial charge is 0.463 e. The second-order valence-corrected chi connectivity index (χ2v) is 11.7. The summed E-state index contributed by atoms with van der Waals surface area (Å²) in [5.74, 6) is -5.58. The molecule has 0 radical (unpaired) electrons. The van der Waals surface area contributed by atoms with Crippen LogP contribution in [-0.4, -0.2) is 120 Å². The molecule has 2 aliphatic heterocycles. The van der Waals surface area contributed by atoms with Gasteiger partial charge in [-0.15, -0.1) is 0 Å². The van der Waals surface area contributed by atoms with Gasteiger partial charge in [0.2, 0.25) is 0 Å². The van der Waals surface area contributed by atoms with Crippen LogP contribution in [0.25, 0.3) is 0 Å². The molecule has 0 spiro atoms. The number of ether oxygens (including phenoxy) is 9. The predicted molar refractivity (Wildman–Crippen MR) is 160 cm³/mol. The van der Waals surface area contributed by atoms with Crippen LogP contribution in [0.2, 0.25) is 0 Å². The van der Waals surface area contributed by atoms with E-state index in [1.54, 1.807) is 0 Å². The molecule has 17 nitrogen and oxygen atoms in total. The fraction of sp³-hybridized carbons (Fsp3) is 0.625. The Kier molecular flexibility index (Phi) is 14.5. The van der Waals surface area contributed by atoms with Gasteiger partial charge in [0, 0.05) is 41.5 Å². The van der Waals surface area contributed by atoms with Crippen molar-refractivity contribution in [3.8, 4) is 0 Å². The van der Waals surface area contributed by atoms with Crippen LogP contribution in [0.1, 0.15) is 58.8 Å². The quantitative estimate of drug-likeness (QED) is 0.223. The maximum atomic E-state index is 13.4. The van der Waals surface area contributed by atoms with Gasteiger partial charge < -0.3 is 52.8 Å². The number of carbonyl (C=O) groups is 6. The van der Waals surface area contributed by atoms with Gasteiger partial charge >= 0.3 is 42.0 Å². The lowest BCUT2D eigenvalue weighted by Gasteiger charge is -2.48. The molecule has 290 valence electrons. The lowest BCUT2D eigenvalue weighted by molar-refractivity contribution is -0.334. The highest BCUT2D eigenvalue weighted by atomic mass is 19.4. The first kappa shape index (κ1) is 42.0. The standard InChI is InChI=1S/C32H39F3O17/c1-13(36)44-11-22-25(52-31-30(50-18(6)41)26(47-15(3)38)21(12-45-31)46-14(2)37)28(48-16(4)39)29(49-17(5)40)27(51-22)24(43)23(42)19-8-7-9-20(10-19)32(33,34)35/h7-10,21-31,42-43H,11-12H2,1-6H3/t21?,22-,23?,24?,25-,26?,27?,28+,29+,30?,31?/m1/s1. The lowest BCUT2D eigenvalue weighted by atomic mass is 9.88. The minimum absolute atomic E-state index is 0.426. The highest BCUT2D eigenvalue weighted by Crippen LogP contribution is 2.37. The summed E-state index contributed by atoms with van der Waals surface area (Å²) in [6, 6.07) is 3.36. The Balaban J connectivity index is 2.12. The Morgan fingerprint density at radius 1 is 0.750 bits per heavy atom. The molecule has 2 fully saturated rings. The Morgan fingerprint density at radius 2 is 1.29 bits per heavy atom. The van der Waals surface area contributed by atoms with E-state index >= 15 is 0 Å². The van der Waals surface area contributed by atoms with Gasteiger partial charge in [-0.1, -0.05) is 12.1 Å². The zero-order valence-electron chi connectivity index (χ0n) is 28.7. The second kappa shape index (κ2) is 17.9. The maximum absolute atomic E-state index is 13.4. The molecular formula is C32H39F3O17. The Bertz CT molecular complexity index is 1470. The number of halogens is 3. The SMILES string of the molecule is CC(=O)OC[C@H]1OC(C(O)C(O)c2cccc(C(F)(F)F)c2)[C@H](OC(C)=O)[C@@H](OC(C)=O)[C@@H]1OC1OCC(OC(C)=O)C(OC(C)=O)C1OC(C)=O. The molecule has 2 N–H and O–H groups in total. The molecular weight excluding hydrogens is 713 g/mol. The molecule has 1 aromatic rings. The van der Waals surface area contributed by atoms with E-state index in [4.69, 9.17) is 42.6 Å². The molecule has 0 amide bonds. The van der Waals surface area contributed by atoms with Crippen molar-refractivity contribution >= 4 is 35.8 Å². The number of hydrogen-bond acceptors (Lipinski definition) is 17. The number of alkyl halides is 3. The van der Waals surface area contributed by atoms with Crippen LogP contribution in [0.4, 0.5) is 13.2 Å². The molecule has 2 heterocycles. The number of aliphatic hydroxyl groups excluding tert-OH is 2. The number of carbonyl (C=O) groups excluding carboxylic acids is 6. The first-order valence-corrected chi connectivity index (χ1v) is 15.6.